The van der Waals surface area contributed by atoms with Crippen molar-refractivity contribution in [1.29, 1.82) is 0 Å². The molecule has 2 aromatic carbocycles. The average molecular weight is 391 g/mol. The molecule has 1 heterocycles. The minimum atomic E-state index is -3.00. The summed E-state index contributed by atoms with van der Waals surface area (Å²) in [7, 11) is 1.57. The summed E-state index contributed by atoms with van der Waals surface area (Å²) < 4.78 is 41.1. The second-order valence-corrected chi connectivity index (χ2v) is 6.51. The standard InChI is InChI=1S/C21H23F2NO4/c1-26-18-10-4-2-7-15(18)13-24(14-16-8-6-12-27-16)20(25)17-9-3-5-11-19(17)28-21(22)23/h2-5,7,9-11,16,21H,6,8,12-14H2,1H3. The summed E-state index contributed by atoms with van der Waals surface area (Å²) in [5, 5.41) is 0. The van der Waals surface area contributed by atoms with E-state index in [0.717, 1.165) is 18.4 Å². The minimum absolute atomic E-state index is 0.0816. The number of hydrogen-bond acceptors (Lipinski definition) is 4. The molecular weight excluding hydrogens is 368 g/mol. The molecule has 0 saturated carbocycles. The first-order valence-corrected chi connectivity index (χ1v) is 9.15. The molecule has 0 bridgehead atoms. The number of methoxy groups -OCH3 is 1. The Morgan fingerprint density at radius 2 is 1.89 bits per heavy atom. The maximum absolute atomic E-state index is 13.2. The number of nitrogens with zero attached hydrogens (tertiary/aromatic N) is 1. The van der Waals surface area contributed by atoms with Crippen LogP contribution in [0.5, 0.6) is 11.5 Å². The summed E-state index contributed by atoms with van der Waals surface area (Å²) >= 11 is 0. The van der Waals surface area contributed by atoms with Gasteiger partial charge in [0.1, 0.15) is 11.5 Å². The summed E-state index contributed by atoms with van der Waals surface area (Å²) in [6, 6.07) is 13.4. The number of rotatable bonds is 8. The molecule has 2 aromatic rings. The van der Waals surface area contributed by atoms with Crippen LogP contribution in [0.25, 0.3) is 0 Å². The van der Waals surface area contributed by atoms with Crippen molar-refractivity contribution in [2.75, 3.05) is 20.3 Å². The Balaban J connectivity index is 1.89. The molecule has 7 heteroatoms. The van der Waals surface area contributed by atoms with Crippen LogP contribution in [-0.2, 0) is 11.3 Å². The van der Waals surface area contributed by atoms with Gasteiger partial charge in [-0.05, 0) is 31.0 Å². The molecule has 0 aliphatic carbocycles. The van der Waals surface area contributed by atoms with Crippen molar-refractivity contribution >= 4 is 5.91 Å². The lowest BCUT2D eigenvalue weighted by Crippen LogP contribution is -2.37. The summed E-state index contributed by atoms with van der Waals surface area (Å²) in [5.41, 5.74) is 0.916. The number of benzene rings is 2. The fourth-order valence-corrected chi connectivity index (χ4v) is 3.31. The first-order chi connectivity index (χ1) is 13.6. The van der Waals surface area contributed by atoms with Crippen LogP contribution >= 0.6 is 0 Å². The number of alkyl halides is 2. The third-order valence-corrected chi connectivity index (χ3v) is 4.62. The van der Waals surface area contributed by atoms with Gasteiger partial charge in [0.15, 0.2) is 0 Å². The monoisotopic (exact) mass is 391 g/mol. The van der Waals surface area contributed by atoms with Gasteiger partial charge in [-0.25, -0.2) is 0 Å². The SMILES string of the molecule is COc1ccccc1CN(CC1CCCO1)C(=O)c1ccccc1OC(F)F. The molecule has 150 valence electrons. The van der Waals surface area contributed by atoms with Crippen molar-refractivity contribution in [3.63, 3.8) is 0 Å². The highest BCUT2D eigenvalue weighted by Gasteiger charge is 2.26. The second-order valence-electron chi connectivity index (χ2n) is 6.51. The van der Waals surface area contributed by atoms with Gasteiger partial charge in [0.2, 0.25) is 0 Å². The van der Waals surface area contributed by atoms with Gasteiger partial charge >= 0.3 is 6.61 Å². The van der Waals surface area contributed by atoms with E-state index in [0.29, 0.717) is 18.9 Å². The van der Waals surface area contributed by atoms with Gasteiger partial charge in [-0.3, -0.25) is 4.79 Å². The third kappa shape index (κ3) is 4.98. The van der Waals surface area contributed by atoms with Crippen molar-refractivity contribution in [3.8, 4) is 11.5 Å². The Morgan fingerprint density at radius 1 is 1.18 bits per heavy atom. The van der Waals surface area contributed by atoms with Crippen LogP contribution in [-0.4, -0.2) is 43.8 Å². The van der Waals surface area contributed by atoms with Crippen LogP contribution in [0.3, 0.4) is 0 Å². The smallest absolute Gasteiger partial charge is 0.387 e. The predicted molar refractivity (Wildman–Crippen MR) is 99.8 cm³/mol. The van der Waals surface area contributed by atoms with Gasteiger partial charge < -0.3 is 19.1 Å². The van der Waals surface area contributed by atoms with E-state index >= 15 is 0 Å². The lowest BCUT2D eigenvalue weighted by molar-refractivity contribution is -0.0503. The van der Waals surface area contributed by atoms with E-state index in [2.05, 4.69) is 4.74 Å². The number of amides is 1. The third-order valence-electron chi connectivity index (χ3n) is 4.62. The van der Waals surface area contributed by atoms with E-state index in [4.69, 9.17) is 9.47 Å². The first-order valence-electron chi connectivity index (χ1n) is 9.15. The maximum Gasteiger partial charge on any atom is 0.387 e. The van der Waals surface area contributed by atoms with Crippen LogP contribution in [0, 0.1) is 0 Å². The molecule has 3 rings (SSSR count). The number of para-hydroxylation sites is 2. The largest absolute Gasteiger partial charge is 0.496 e. The Morgan fingerprint density at radius 3 is 2.57 bits per heavy atom. The fraction of sp³-hybridized carbons (Fsp3) is 0.381. The zero-order chi connectivity index (χ0) is 19.9. The Labute approximate surface area is 162 Å². The molecular formula is C21H23F2NO4. The molecule has 28 heavy (non-hydrogen) atoms. The highest BCUT2D eigenvalue weighted by Crippen LogP contribution is 2.26. The van der Waals surface area contributed by atoms with E-state index in [-0.39, 0.29) is 24.0 Å². The number of hydrogen-bond donors (Lipinski definition) is 0. The van der Waals surface area contributed by atoms with Crippen molar-refractivity contribution in [1.82, 2.24) is 4.90 Å². The van der Waals surface area contributed by atoms with Gasteiger partial charge in [-0.2, -0.15) is 8.78 Å². The summed E-state index contributed by atoms with van der Waals surface area (Å²) in [5.74, 6) is 0.127. The summed E-state index contributed by atoms with van der Waals surface area (Å²) in [6.07, 6.45) is 1.71. The zero-order valence-corrected chi connectivity index (χ0v) is 15.6. The van der Waals surface area contributed by atoms with E-state index in [9.17, 15) is 13.6 Å². The van der Waals surface area contributed by atoms with Crippen molar-refractivity contribution < 1.29 is 27.8 Å². The van der Waals surface area contributed by atoms with E-state index in [1.807, 2.05) is 24.3 Å². The van der Waals surface area contributed by atoms with Crippen molar-refractivity contribution in [2.45, 2.75) is 32.1 Å². The molecule has 1 aliphatic rings. The average Bonchev–Trinajstić information content (AvgIpc) is 3.20. The quantitative estimate of drug-likeness (QED) is 0.679. The summed E-state index contributed by atoms with van der Waals surface area (Å²) in [4.78, 5) is 14.8. The van der Waals surface area contributed by atoms with Gasteiger partial charge in [0.25, 0.3) is 5.91 Å². The summed E-state index contributed by atoms with van der Waals surface area (Å²) in [6.45, 7) is -1.72. The minimum Gasteiger partial charge on any atom is -0.496 e. The molecule has 0 radical (unpaired) electrons. The lowest BCUT2D eigenvalue weighted by atomic mass is 10.1. The molecule has 1 unspecified atom stereocenters. The highest BCUT2D eigenvalue weighted by molar-refractivity contribution is 5.97. The molecule has 5 nitrogen and oxygen atoms in total. The molecule has 1 amide bonds. The van der Waals surface area contributed by atoms with E-state index in [1.165, 1.54) is 12.1 Å². The lowest BCUT2D eigenvalue weighted by Gasteiger charge is -2.27. The van der Waals surface area contributed by atoms with Crippen LogP contribution in [0.2, 0.25) is 0 Å². The van der Waals surface area contributed by atoms with Gasteiger partial charge in [-0.1, -0.05) is 30.3 Å². The number of carbonyl (C=O) groups is 1. The normalized spacial score (nSPS) is 16.2. The molecule has 0 spiro atoms. The molecule has 1 atom stereocenters. The van der Waals surface area contributed by atoms with Crippen LogP contribution in [0.15, 0.2) is 48.5 Å². The van der Waals surface area contributed by atoms with E-state index in [1.54, 1.807) is 24.1 Å². The molecule has 1 fully saturated rings. The molecule has 1 saturated heterocycles. The van der Waals surface area contributed by atoms with E-state index < -0.39 is 12.5 Å². The number of ether oxygens (including phenoxy) is 3. The molecule has 1 aliphatic heterocycles. The topological polar surface area (TPSA) is 48.0 Å². The second kappa shape index (κ2) is 9.50. The highest BCUT2D eigenvalue weighted by atomic mass is 19.3. The predicted octanol–water partition coefficient (Wildman–Crippen LogP) is 4.12. The Kier molecular flexibility index (Phi) is 6.81. The molecule has 0 aromatic heterocycles. The number of halogens is 2. The number of carbonyl (C=O) groups excluding carboxylic acids is 1. The van der Waals surface area contributed by atoms with Crippen molar-refractivity contribution in [2.24, 2.45) is 0 Å². The van der Waals surface area contributed by atoms with Gasteiger partial charge in [-0.15, -0.1) is 0 Å². The van der Waals surface area contributed by atoms with Crippen LogP contribution in [0.4, 0.5) is 8.78 Å². The van der Waals surface area contributed by atoms with Gasteiger partial charge in [0.05, 0.1) is 18.8 Å². The van der Waals surface area contributed by atoms with Crippen LogP contribution < -0.4 is 9.47 Å². The van der Waals surface area contributed by atoms with Gasteiger partial charge in [0, 0.05) is 25.3 Å². The maximum atomic E-state index is 13.2. The van der Waals surface area contributed by atoms with Crippen molar-refractivity contribution in [3.05, 3.63) is 59.7 Å². The van der Waals surface area contributed by atoms with Crippen LogP contribution in [0.1, 0.15) is 28.8 Å². The molecule has 0 N–H and O–H groups in total. The first kappa shape index (κ1) is 20.1. The Bertz CT molecular complexity index is 793. The Hall–Kier alpha value is -2.67. The zero-order valence-electron chi connectivity index (χ0n) is 15.6. The fourth-order valence-electron chi connectivity index (χ4n) is 3.31.